The molecule has 0 aliphatic carbocycles. The van der Waals surface area contributed by atoms with E-state index >= 15 is 0 Å². The van der Waals surface area contributed by atoms with Crippen LogP contribution in [0.3, 0.4) is 0 Å². The van der Waals surface area contributed by atoms with Crippen LogP contribution in [0.4, 0.5) is 20.2 Å². The molecule has 84 valence electrons. The molecule has 3 nitrogen and oxygen atoms in total. The highest BCUT2D eigenvalue weighted by Crippen LogP contribution is 2.20. The van der Waals surface area contributed by atoms with Crippen molar-refractivity contribution in [3.8, 4) is 0 Å². The molecule has 1 unspecified atom stereocenters. The van der Waals surface area contributed by atoms with Gasteiger partial charge in [0.05, 0.1) is 0 Å². The minimum Gasteiger partial charge on any atom is -0.398 e. The second kappa shape index (κ2) is 4.93. The zero-order valence-corrected chi connectivity index (χ0v) is 8.37. The van der Waals surface area contributed by atoms with Crippen molar-refractivity contribution in [3.63, 3.8) is 0 Å². The Morgan fingerprint density at radius 1 is 1.47 bits per heavy atom. The van der Waals surface area contributed by atoms with Crippen LogP contribution in [0.25, 0.3) is 0 Å². The van der Waals surface area contributed by atoms with E-state index < -0.39 is 12.5 Å². The molecule has 0 amide bonds. The Kier molecular flexibility index (Phi) is 3.85. The molecule has 0 spiro atoms. The number of benzene rings is 1. The molecule has 0 radical (unpaired) electrons. The summed E-state index contributed by atoms with van der Waals surface area (Å²) in [5.41, 5.74) is 7.68. The van der Waals surface area contributed by atoms with Crippen molar-refractivity contribution >= 4 is 11.4 Å². The van der Waals surface area contributed by atoms with Crippen LogP contribution in [0.2, 0.25) is 0 Å². The number of alkyl halides is 2. The molecular weight excluding hydrogens is 202 g/mol. The minimum atomic E-state index is -2.74. The fourth-order valence-electron chi connectivity index (χ4n) is 1.15. The summed E-state index contributed by atoms with van der Waals surface area (Å²) < 4.78 is 24.0. The van der Waals surface area contributed by atoms with E-state index in [1.54, 1.807) is 25.1 Å². The van der Waals surface area contributed by atoms with E-state index in [1.165, 1.54) is 0 Å². The van der Waals surface area contributed by atoms with Crippen molar-refractivity contribution in [1.29, 1.82) is 0 Å². The molecule has 5 heteroatoms. The van der Waals surface area contributed by atoms with Crippen LogP contribution in [0.1, 0.15) is 5.56 Å². The smallest absolute Gasteiger partial charge is 0.265 e. The Hall–Kier alpha value is -1.36. The van der Waals surface area contributed by atoms with Gasteiger partial charge in [0.2, 0.25) is 0 Å². The first-order valence-electron chi connectivity index (χ1n) is 4.57. The third-order valence-electron chi connectivity index (χ3n) is 2.17. The molecule has 1 aromatic rings. The molecule has 0 aliphatic heterocycles. The summed E-state index contributed by atoms with van der Waals surface area (Å²) in [6.07, 6.45) is -4.40. The van der Waals surface area contributed by atoms with Crippen LogP contribution in [0.5, 0.6) is 0 Å². The number of rotatable bonds is 4. The van der Waals surface area contributed by atoms with E-state index in [4.69, 9.17) is 10.8 Å². The summed E-state index contributed by atoms with van der Waals surface area (Å²) in [5, 5.41) is 11.6. The van der Waals surface area contributed by atoms with Gasteiger partial charge in [-0.1, -0.05) is 6.07 Å². The summed E-state index contributed by atoms with van der Waals surface area (Å²) >= 11 is 0. The molecule has 0 heterocycles. The van der Waals surface area contributed by atoms with Gasteiger partial charge in [0, 0.05) is 17.9 Å². The van der Waals surface area contributed by atoms with Crippen molar-refractivity contribution in [2.45, 2.75) is 19.5 Å². The monoisotopic (exact) mass is 216 g/mol. The lowest BCUT2D eigenvalue weighted by Gasteiger charge is -2.14. The first kappa shape index (κ1) is 11.7. The van der Waals surface area contributed by atoms with E-state index in [9.17, 15) is 8.78 Å². The third kappa shape index (κ3) is 3.06. The van der Waals surface area contributed by atoms with Gasteiger partial charge >= 0.3 is 0 Å². The molecular formula is C10H14F2N2O. The summed E-state index contributed by atoms with van der Waals surface area (Å²) in [7, 11) is 0. The molecule has 4 N–H and O–H groups in total. The van der Waals surface area contributed by atoms with Crippen LogP contribution in [0, 0.1) is 6.92 Å². The number of aliphatic hydroxyl groups is 1. The number of hydrogen-bond acceptors (Lipinski definition) is 3. The topological polar surface area (TPSA) is 58.3 Å². The van der Waals surface area contributed by atoms with E-state index in [0.717, 1.165) is 5.56 Å². The average Bonchev–Trinajstić information content (AvgIpc) is 2.19. The van der Waals surface area contributed by atoms with Crippen LogP contribution in [0.15, 0.2) is 18.2 Å². The summed E-state index contributed by atoms with van der Waals surface area (Å²) in [6, 6.07) is 5.17. The maximum atomic E-state index is 12.0. The Labute approximate surface area is 86.9 Å². The quantitative estimate of drug-likeness (QED) is 0.670. The van der Waals surface area contributed by atoms with Gasteiger partial charge in [-0.15, -0.1) is 0 Å². The largest absolute Gasteiger partial charge is 0.398 e. The molecule has 0 aromatic heterocycles. The molecule has 1 atom stereocenters. The van der Waals surface area contributed by atoms with E-state index in [1.807, 2.05) is 0 Å². The van der Waals surface area contributed by atoms with Crippen molar-refractivity contribution < 1.29 is 13.9 Å². The predicted molar refractivity (Wildman–Crippen MR) is 56.1 cm³/mol. The lowest BCUT2D eigenvalue weighted by molar-refractivity contribution is 0.00384. The van der Waals surface area contributed by atoms with E-state index in [-0.39, 0.29) is 6.54 Å². The zero-order valence-electron chi connectivity index (χ0n) is 8.37. The van der Waals surface area contributed by atoms with Gasteiger partial charge in [-0.25, -0.2) is 8.78 Å². The lowest BCUT2D eigenvalue weighted by Crippen LogP contribution is -2.27. The van der Waals surface area contributed by atoms with Crippen LogP contribution < -0.4 is 11.1 Å². The highest BCUT2D eigenvalue weighted by molar-refractivity contribution is 5.62. The Morgan fingerprint density at radius 2 is 2.13 bits per heavy atom. The fourth-order valence-corrected chi connectivity index (χ4v) is 1.15. The number of halogens is 2. The first-order valence-corrected chi connectivity index (χ1v) is 4.57. The van der Waals surface area contributed by atoms with Gasteiger partial charge in [0.25, 0.3) is 6.43 Å². The van der Waals surface area contributed by atoms with Crippen LogP contribution >= 0.6 is 0 Å². The highest BCUT2D eigenvalue weighted by Gasteiger charge is 2.16. The highest BCUT2D eigenvalue weighted by atomic mass is 19.3. The maximum absolute atomic E-state index is 12.0. The molecule has 0 saturated heterocycles. The second-order valence-electron chi connectivity index (χ2n) is 3.30. The number of nitrogen functional groups attached to an aromatic ring is 1. The predicted octanol–water partition coefficient (Wildman–Crippen LogP) is 1.62. The van der Waals surface area contributed by atoms with Gasteiger partial charge in [0.15, 0.2) is 0 Å². The van der Waals surface area contributed by atoms with Crippen LogP contribution in [-0.4, -0.2) is 24.2 Å². The molecule has 0 fully saturated rings. The third-order valence-corrected chi connectivity index (χ3v) is 2.17. The zero-order chi connectivity index (χ0) is 11.4. The van der Waals surface area contributed by atoms with Crippen molar-refractivity contribution in [3.05, 3.63) is 23.8 Å². The summed E-state index contributed by atoms with van der Waals surface area (Å²) in [6.45, 7) is 1.59. The van der Waals surface area contributed by atoms with E-state index in [2.05, 4.69) is 5.32 Å². The van der Waals surface area contributed by atoms with Crippen LogP contribution in [-0.2, 0) is 0 Å². The van der Waals surface area contributed by atoms with Gasteiger partial charge in [-0.3, -0.25) is 0 Å². The van der Waals surface area contributed by atoms with Gasteiger partial charge in [-0.2, -0.15) is 0 Å². The van der Waals surface area contributed by atoms with Gasteiger partial charge < -0.3 is 16.2 Å². The molecule has 0 saturated carbocycles. The summed E-state index contributed by atoms with van der Waals surface area (Å²) in [4.78, 5) is 0. The Balaban J connectivity index is 2.62. The first-order chi connectivity index (χ1) is 7.02. The standard InChI is InChI=1S/C10H14F2N2O/c1-6-7(13)3-2-4-8(6)14-5-9(15)10(11)12/h2-4,9-10,14-15H,5,13H2,1H3. The molecule has 1 rings (SSSR count). The average molecular weight is 216 g/mol. The van der Waals surface area contributed by atoms with Crippen molar-refractivity contribution in [2.75, 3.05) is 17.6 Å². The van der Waals surface area contributed by atoms with Crippen molar-refractivity contribution in [2.24, 2.45) is 0 Å². The number of anilines is 2. The van der Waals surface area contributed by atoms with Crippen molar-refractivity contribution in [1.82, 2.24) is 0 Å². The summed E-state index contributed by atoms with van der Waals surface area (Å²) in [5.74, 6) is 0. The van der Waals surface area contributed by atoms with Gasteiger partial charge in [-0.05, 0) is 24.6 Å². The Morgan fingerprint density at radius 3 is 2.73 bits per heavy atom. The molecule has 0 aliphatic rings. The molecule has 0 bridgehead atoms. The van der Waals surface area contributed by atoms with E-state index in [0.29, 0.717) is 11.4 Å². The second-order valence-corrected chi connectivity index (χ2v) is 3.30. The minimum absolute atomic E-state index is 0.192. The normalized spacial score (nSPS) is 12.9. The number of hydrogen-bond donors (Lipinski definition) is 3. The number of aliphatic hydroxyl groups excluding tert-OH is 1. The number of nitrogens with one attached hydrogen (secondary N) is 1. The Bertz CT molecular complexity index is 331. The molecule has 1 aromatic carbocycles. The van der Waals surface area contributed by atoms with Gasteiger partial charge in [0.1, 0.15) is 6.10 Å². The lowest BCUT2D eigenvalue weighted by atomic mass is 10.1. The fraction of sp³-hybridized carbons (Fsp3) is 0.400. The number of nitrogens with two attached hydrogens (primary N) is 1. The maximum Gasteiger partial charge on any atom is 0.265 e. The SMILES string of the molecule is Cc1c(N)cccc1NCC(O)C(F)F. The molecule has 15 heavy (non-hydrogen) atoms.